The van der Waals surface area contributed by atoms with Crippen molar-refractivity contribution in [2.45, 2.75) is 33.1 Å². The Kier molecular flexibility index (Phi) is 4.38. The van der Waals surface area contributed by atoms with Crippen LogP contribution in [-0.2, 0) is 24.7 Å². The lowest BCUT2D eigenvalue weighted by molar-refractivity contribution is -0.115. The third kappa shape index (κ3) is 3.18. The van der Waals surface area contributed by atoms with Crippen LogP contribution in [0.3, 0.4) is 0 Å². The van der Waals surface area contributed by atoms with E-state index in [2.05, 4.69) is 15.7 Å². The number of aromatic nitrogens is 2. The quantitative estimate of drug-likeness (QED) is 0.901. The van der Waals surface area contributed by atoms with Crippen LogP contribution in [0.5, 0.6) is 0 Å². The number of hydrogen-bond donors (Lipinski definition) is 2. The van der Waals surface area contributed by atoms with E-state index in [0.29, 0.717) is 11.3 Å². The lowest BCUT2D eigenvalue weighted by atomic mass is 10.1. The molecule has 0 saturated heterocycles. The molecule has 2 aromatic rings. The van der Waals surface area contributed by atoms with Gasteiger partial charge in [-0.3, -0.25) is 14.3 Å². The minimum Gasteiger partial charge on any atom is -0.343 e. The lowest BCUT2D eigenvalue weighted by Gasteiger charge is -2.08. The fourth-order valence-electron chi connectivity index (χ4n) is 3.11. The summed E-state index contributed by atoms with van der Waals surface area (Å²) in [6.45, 7) is 3.66. The highest BCUT2D eigenvalue weighted by Crippen LogP contribution is 2.22. The number of rotatable bonds is 4. The van der Waals surface area contributed by atoms with E-state index in [1.807, 2.05) is 39.1 Å². The average molecular weight is 326 g/mol. The largest absolute Gasteiger partial charge is 0.343 e. The maximum Gasteiger partial charge on any atom is 0.251 e. The summed E-state index contributed by atoms with van der Waals surface area (Å²) in [4.78, 5) is 24.3. The first kappa shape index (κ1) is 16.2. The van der Waals surface area contributed by atoms with Crippen molar-refractivity contribution in [1.29, 1.82) is 0 Å². The molecule has 0 saturated carbocycles. The Morgan fingerprint density at radius 2 is 1.96 bits per heavy atom. The molecule has 1 aromatic heterocycles. The van der Waals surface area contributed by atoms with E-state index in [0.717, 1.165) is 30.7 Å². The highest BCUT2D eigenvalue weighted by molar-refractivity contribution is 5.99. The van der Waals surface area contributed by atoms with E-state index in [1.54, 1.807) is 4.68 Å². The van der Waals surface area contributed by atoms with Crippen molar-refractivity contribution in [3.63, 3.8) is 0 Å². The van der Waals surface area contributed by atoms with E-state index >= 15 is 0 Å². The third-order valence-corrected chi connectivity index (χ3v) is 4.54. The molecular weight excluding hydrogens is 304 g/mol. The second-order valence-corrected chi connectivity index (χ2v) is 6.24. The van der Waals surface area contributed by atoms with E-state index in [4.69, 9.17) is 0 Å². The van der Waals surface area contributed by atoms with Crippen molar-refractivity contribution in [2.75, 3.05) is 11.9 Å². The fourth-order valence-corrected chi connectivity index (χ4v) is 3.11. The van der Waals surface area contributed by atoms with Crippen molar-refractivity contribution in [3.8, 4) is 0 Å². The summed E-state index contributed by atoms with van der Waals surface area (Å²) in [5.41, 5.74) is 5.52. The predicted octanol–water partition coefficient (Wildman–Crippen LogP) is 1.89. The van der Waals surface area contributed by atoms with Crippen LogP contribution in [0.25, 0.3) is 0 Å². The molecule has 0 unspecified atom stereocenters. The van der Waals surface area contributed by atoms with Gasteiger partial charge in [-0.2, -0.15) is 5.10 Å². The summed E-state index contributed by atoms with van der Waals surface area (Å²) in [6.07, 6.45) is 3.26. The number of fused-ring (bicyclic) bond motifs is 1. The molecule has 0 aliphatic heterocycles. The second kappa shape index (κ2) is 6.47. The van der Waals surface area contributed by atoms with Gasteiger partial charge in [-0.1, -0.05) is 6.07 Å². The Morgan fingerprint density at radius 3 is 2.67 bits per heavy atom. The summed E-state index contributed by atoms with van der Waals surface area (Å²) in [6, 6.07) is 5.78. The second-order valence-electron chi connectivity index (χ2n) is 6.24. The molecule has 0 atom stereocenters. The van der Waals surface area contributed by atoms with Crippen LogP contribution in [0.15, 0.2) is 18.2 Å². The van der Waals surface area contributed by atoms with Crippen molar-refractivity contribution in [1.82, 2.24) is 15.1 Å². The van der Waals surface area contributed by atoms with Crippen LogP contribution < -0.4 is 10.6 Å². The van der Waals surface area contributed by atoms with Gasteiger partial charge in [0.25, 0.3) is 5.91 Å². The minimum absolute atomic E-state index is 0.0658. The summed E-state index contributed by atoms with van der Waals surface area (Å²) in [5, 5.41) is 9.74. The predicted molar refractivity (Wildman–Crippen MR) is 92.1 cm³/mol. The Morgan fingerprint density at radius 1 is 1.21 bits per heavy atom. The lowest BCUT2D eigenvalue weighted by Crippen LogP contribution is -2.33. The zero-order valence-electron chi connectivity index (χ0n) is 14.3. The zero-order valence-corrected chi connectivity index (χ0v) is 14.3. The number of nitrogens with zero attached hydrogens (tertiary/aromatic N) is 2. The number of carbonyl (C=O) groups excluding carboxylic acids is 2. The molecule has 1 aromatic carbocycles. The standard InChI is InChI=1S/C18H22N4O2/c1-11-17(12(2)22(3)21-11)20-16(23)10-19-18(24)15-8-7-13-5-4-6-14(13)9-15/h7-9H,4-6,10H2,1-3H3,(H,19,24)(H,20,23). The molecule has 6 nitrogen and oxygen atoms in total. The summed E-state index contributed by atoms with van der Waals surface area (Å²) in [5.74, 6) is -0.483. The normalized spacial score (nSPS) is 12.8. The van der Waals surface area contributed by atoms with Crippen LogP contribution >= 0.6 is 0 Å². The highest BCUT2D eigenvalue weighted by Gasteiger charge is 2.16. The molecule has 2 amide bonds. The molecule has 0 bridgehead atoms. The molecule has 126 valence electrons. The van der Waals surface area contributed by atoms with Crippen molar-refractivity contribution in [3.05, 3.63) is 46.3 Å². The SMILES string of the molecule is Cc1nn(C)c(C)c1NC(=O)CNC(=O)c1ccc2c(c1)CCC2. The van der Waals surface area contributed by atoms with E-state index in [9.17, 15) is 9.59 Å². The zero-order chi connectivity index (χ0) is 17.3. The molecule has 3 rings (SSSR count). The first-order valence-electron chi connectivity index (χ1n) is 8.15. The average Bonchev–Trinajstić information content (AvgIpc) is 3.12. The molecule has 6 heteroatoms. The number of nitrogens with one attached hydrogen (secondary N) is 2. The van der Waals surface area contributed by atoms with E-state index in [1.165, 1.54) is 11.1 Å². The number of aryl methyl sites for hydroxylation is 4. The van der Waals surface area contributed by atoms with Crippen LogP contribution in [-0.4, -0.2) is 28.1 Å². The molecule has 0 radical (unpaired) electrons. The molecule has 1 heterocycles. The van der Waals surface area contributed by atoms with E-state index < -0.39 is 0 Å². The van der Waals surface area contributed by atoms with Gasteiger partial charge in [0.15, 0.2) is 0 Å². The van der Waals surface area contributed by atoms with Gasteiger partial charge in [0.05, 0.1) is 23.6 Å². The number of benzene rings is 1. The summed E-state index contributed by atoms with van der Waals surface area (Å²) < 4.78 is 1.72. The van der Waals surface area contributed by atoms with Gasteiger partial charge in [0.1, 0.15) is 0 Å². The van der Waals surface area contributed by atoms with Crippen LogP contribution in [0.2, 0.25) is 0 Å². The van der Waals surface area contributed by atoms with Crippen molar-refractivity contribution < 1.29 is 9.59 Å². The maximum atomic E-state index is 12.2. The van der Waals surface area contributed by atoms with Gasteiger partial charge in [-0.25, -0.2) is 0 Å². The fraction of sp³-hybridized carbons (Fsp3) is 0.389. The number of anilines is 1. The Hall–Kier alpha value is -2.63. The molecule has 2 N–H and O–H groups in total. The van der Waals surface area contributed by atoms with Crippen LogP contribution in [0.1, 0.15) is 39.3 Å². The van der Waals surface area contributed by atoms with Crippen molar-refractivity contribution in [2.24, 2.45) is 7.05 Å². The van der Waals surface area contributed by atoms with Crippen molar-refractivity contribution >= 4 is 17.5 Å². The van der Waals surface area contributed by atoms with Crippen LogP contribution in [0.4, 0.5) is 5.69 Å². The Bertz CT molecular complexity index is 808. The summed E-state index contributed by atoms with van der Waals surface area (Å²) in [7, 11) is 1.83. The number of hydrogen-bond acceptors (Lipinski definition) is 3. The minimum atomic E-state index is -0.260. The molecule has 1 aliphatic carbocycles. The Balaban J connectivity index is 1.59. The molecular formula is C18H22N4O2. The first-order chi connectivity index (χ1) is 11.5. The number of amides is 2. The van der Waals surface area contributed by atoms with Gasteiger partial charge in [0.2, 0.25) is 5.91 Å². The smallest absolute Gasteiger partial charge is 0.251 e. The van der Waals surface area contributed by atoms with Crippen LogP contribution in [0, 0.1) is 13.8 Å². The van der Waals surface area contributed by atoms with Gasteiger partial charge in [-0.15, -0.1) is 0 Å². The van der Waals surface area contributed by atoms with E-state index in [-0.39, 0.29) is 18.4 Å². The maximum absolute atomic E-state index is 12.2. The van der Waals surface area contributed by atoms with Gasteiger partial charge < -0.3 is 10.6 Å². The molecule has 24 heavy (non-hydrogen) atoms. The highest BCUT2D eigenvalue weighted by atomic mass is 16.2. The topological polar surface area (TPSA) is 76.0 Å². The Labute approximate surface area is 141 Å². The molecule has 0 spiro atoms. The van der Waals surface area contributed by atoms with Gasteiger partial charge in [0, 0.05) is 12.6 Å². The molecule has 1 aliphatic rings. The van der Waals surface area contributed by atoms with Gasteiger partial charge >= 0.3 is 0 Å². The monoisotopic (exact) mass is 326 g/mol. The van der Waals surface area contributed by atoms with Gasteiger partial charge in [-0.05, 0) is 56.4 Å². The first-order valence-corrected chi connectivity index (χ1v) is 8.15. The molecule has 0 fully saturated rings. The third-order valence-electron chi connectivity index (χ3n) is 4.54. The number of carbonyl (C=O) groups is 2. The summed E-state index contributed by atoms with van der Waals surface area (Å²) >= 11 is 0.